The van der Waals surface area contributed by atoms with Crippen molar-refractivity contribution in [2.45, 2.75) is 0 Å². The lowest BCUT2D eigenvalue weighted by Crippen LogP contribution is -2.36. The van der Waals surface area contributed by atoms with Crippen molar-refractivity contribution in [2.75, 3.05) is 18.7 Å². The number of para-hydroxylation sites is 1. The van der Waals surface area contributed by atoms with Gasteiger partial charge in [0.1, 0.15) is 5.75 Å². The molecule has 3 rings (SSSR count). The lowest BCUT2D eigenvalue weighted by Gasteiger charge is -2.23. The largest absolute Gasteiger partial charge is 0.497 e. The zero-order valence-electron chi connectivity index (χ0n) is 11.5. The first kappa shape index (κ1) is 13.2. The number of benzene rings is 2. The highest BCUT2D eigenvalue weighted by molar-refractivity contribution is 6.04. The third kappa shape index (κ3) is 2.72. The molecule has 0 unspecified atom stereocenters. The van der Waals surface area contributed by atoms with Crippen molar-refractivity contribution in [3.05, 3.63) is 60.2 Å². The van der Waals surface area contributed by atoms with Crippen LogP contribution in [0.15, 0.2) is 59.7 Å². The second-order valence-corrected chi connectivity index (χ2v) is 4.46. The van der Waals surface area contributed by atoms with E-state index in [0.29, 0.717) is 5.90 Å². The van der Waals surface area contributed by atoms with Crippen molar-refractivity contribution in [3.63, 3.8) is 0 Å². The van der Waals surface area contributed by atoms with Gasteiger partial charge in [-0.3, -0.25) is 4.79 Å². The Morgan fingerprint density at radius 2 is 1.81 bits per heavy atom. The van der Waals surface area contributed by atoms with Gasteiger partial charge in [0, 0.05) is 5.56 Å². The van der Waals surface area contributed by atoms with Crippen LogP contribution in [0.4, 0.5) is 5.69 Å². The molecule has 0 aromatic heterocycles. The predicted octanol–water partition coefficient (Wildman–Crippen LogP) is 2.42. The Hall–Kier alpha value is -2.82. The van der Waals surface area contributed by atoms with Gasteiger partial charge in [-0.05, 0) is 36.4 Å². The number of nitrogens with zero attached hydrogens (tertiary/aromatic N) is 2. The Kier molecular flexibility index (Phi) is 3.55. The minimum Gasteiger partial charge on any atom is -0.497 e. The number of ether oxygens (including phenoxy) is 2. The van der Waals surface area contributed by atoms with Gasteiger partial charge in [0.2, 0.25) is 5.90 Å². The normalized spacial score (nSPS) is 14.4. The summed E-state index contributed by atoms with van der Waals surface area (Å²) in [6.45, 7) is -0.0280. The first-order valence-electron chi connectivity index (χ1n) is 6.52. The maximum atomic E-state index is 11.9. The first-order valence-corrected chi connectivity index (χ1v) is 6.52. The Labute approximate surface area is 122 Å². The van der Waals surface area contributed by atoms with Gasteiger partial charge in [-0.25, -0.2) is 0 Å². The fraction of sp³-hybridized carbons (Fsp3) is 0.125. The van der Waals surface area contributed by atoms with Crippen LogP contribution in [0.25, 0.3) is 0 Å². The molecule has 2 aromatic rings. The maximum Gasteiger partial charge on any atom is 0.285 e. The van der Waals surface area contributed by atoms with E-state index in [1.165, 1.54) is 5.01 Å². The molecular weight excluding hydrogens is 268 g/mol. The van der Waals surface area contributed by atoms with Gasteiger partial charge in [0.05, 0.1) is 12.8 Å². The van der Waals surface area contributed by atoms with Crippen LogP contribution in [-0.4, -0.2) is 25.5 Å². The average molecular weight is 282 g/mol. The van der Waals surface area contributed by atoms with E-state index >= 15 is 0 Å². The van der Waals surface area contributed by atoms with E-state index in [1.54, 1.807) is 7.11 Å². The molecule has 106 valence electrons. The van der Waals surface area contributed by atoms with Crippen molar-refractivity contribution in [2.24, 2.45) is 5.10 Å². The number of hydrogen-bond donors (Lipinski definition) is 0. The SMILES string of the molecule is COc1ccc(C2=NN(c3ccccc3)C(=O)CO2)cc1. The number of carbonyl (C=O) groups is 1. The van der Waals surface area contributed by atoms with Crippen LogP contribution < -0.4 is 9.75 Å². The smallest absolute Gasteiger partial charge is 0.285 e. The summed E-state index contributed by atoms with van der Waals surface area (Å²) in [5, 5.41) is 5.66. The zero-order chi connectivity index (χ0) is 14.7. The molecule has 0 fully saturated rings. The summed E-state index contributed by atoms with van der Waals surface area (Å²) < 4.78 is 10.5. The van der Waals surface area contributed by atoms with Gasteiger partial charge >= 0.3 is 0 Å². The van der Waals surface area contributed by atoms with E-state index in [9.17, 15) is 4.79 Å². The summed E-state index contributed by atoms with van der Waals surface area (Å²) in [6, 6.07) is 16.6. The lowest BCUT2D eigenvalue weighted by atomic mass is 10.2. The van der Waals surface area contributed by atoms with Crippen LogP contribution in [-0.2, 0) is 9.53 Å². The molecule has 1 aliphatic heterocycles. The van der Waals surface area contributed by atoms with Gasteiger partial charge in [-0.15, -0.1) is 5.10 Å². The van der Waals surface area contributed by atoms with Crippen molar-refractivity contribution in [3.8, 4) is 5.75 Å². The molecule has 0 saturated heterocycles. The number of hydrazone groups is 1. The van der Waals surface area contributed by atoms with Crippen molar-refractivity contribution in [1.82, 2.24) is 0 Å². The topological polar surface area (TPSA) is 51.1 Å². The molecular formula is C16H14N2O3. The number of carbonyl (C=O) groups excluding carboxylic acids is 1. The lowest BCUT2D eigenvalue weighted by molar-refractivity contribution is -0.121. The van der Waals surface area contributed by atoms with E-state index < -0.39 is 0 Å². The van der Waals surface area contributed by atoms with Gasteiger partial charge in [0.25, 0.3) is 5.91 Å². The second-order valence-electron chi connectivity index (χ2n) is 4.46. The molecule has 0 radical (unpaired) electrons. The quantitative estimate of drug-likeness (QED) is 0.868. The van der Waals surface area contributed by atoms with Crippen molar-refractivity contribution >= 4 is 17.5 Å². The standard InChI is InChI=1S/C16H14N2O3/c1-20-14-9-7-12(8-10-14)16-17-18(15(19)11-21-16)13-5-3-2-4-6-13/h2-10H,11H2,1H3. The monoisotopic (exact) mass is 282 g/mol. The summed E-state index contributed by atoms with van der Waals surface area (Å²) >= 11 is 0. The summed E-state index contributed by atoms with van der Waals surface area (Å²) in [6.07, 6.45) is 0. The molecule has 2 aromatic carbocycles. The van der Waals surface area contributed by atoms with Crippen LogP contribution in [0.3, 0.4) is 0 Å². The molecule has 0 aliphatic carbocycles. The van der Waals surface area contributed by atoms with Crippen LogP contribution in [0.2, 0.25) is 0 Å². The Bertz CT molecular complexity index is 666. The summed E-state index contributed by atoms with van der Waals surface area (Å²) in [4.78, 5) is 11.9. The fourth-order valence-electron chi connectivity index (χ4n) is 2.01. The second kappa shape index (κ2) is 5.66. The fourth-order valence-corrected chi connectivity index (χ4v) is 2.01. The number of methoxy groups -OCH3 is 1. The van der Waals surface area contributed by atoms with Crippen molar-refractivity contribution < 1.29 is 14.3 Å². The molecule has 0 N–H and O–H groups in total. The zero-order valence-corrected chi connectivity index (χ0v) is 11.5. The van der Waals surface area contributed by atoms with Crippen LogP contribution in [0.5, 0.6) is 5.75 Å². The number of anilines is 1. The molecule has 5 nitrogen and oxygen atoms in total. The molecule has 0 atom stereocenters. The molecule has 1 amide bonds. The Balaban J connectivity index is 1.93. The molecule has 0 saturated carbocycles. The molecule has 5 heteroatoms. The number of hydrogen-bond acceptors (Lipinski definition) is 4. The highest BCUT2D eigenvalue weighted by Crippen LogP contribution is 2.20. The van der Waals surface area contributed by atoms with E-state index in [4.69, 9.17) is 9.47 Å². The van der Waals surface area contributed by atoms with Crippen LogP contribution >= 0.6 is 0 Å². The summed E-state index contributed by atoms with van der Waals surface area (Å²) in [7, 11) is 1.61. The van der Waals surface area contributed by atoms with Gasteiger partial charge < -0.3 is 9.47 Å². The van der Waals surface area contributed by atoms with Gasteiger partial charge in [-0.1, -0.05) is 18.2 Å². The molecule has 0 spiro atoms. The molecule has 1 heterocycles. The predicted molar refractivity (Wildman–Crippen MR) is 79.4 cm³/mol. The summed E-state index contributed by atoms with van der Waals surface area (Å²) in [5.74, 6) is 0.978. The van der Waals surface area contributed by atoms with Crippen molar-refractivity contribution in [1.29, 1.82) is 0 Å². The highest BCUT2D eigenvalue weighted by Gasteiger charge is 2.23. The van der Waals surface area contributed by atoms with E-state index in [-0.39, 0.29) is 12.5 Å². The highest BCUT2D eigenvalue weighted by atomic mass is 16.5. The third-order valence-corrected chi connectivity index (χ3v) is 3.10. The van der Waals surface area contributed by atoms with Gasteiger partial charge in [-0.2, -0.15) is 5.01 Å². The van der Waals surface area contributed by atoms with Gasteiger partial charge in [0.15, 0.2) is 6.61 Å². The summed E-state index contributed by atoms with van der Waals surface area (Å²) in [5.41, 5.74) is 1.51. The maximum absolute atomic E-state index is 11.9. The molecule has 1 aliphatic rings. The first-order chi connectivity index (χ1) is 10.3. The van der Waals surface area contributed by atoms with E-state index in [1.807, 2.05) is 54.6 Å². The Morgan fingerprint density at radius 1 is 1.10 bits per heavy atom. The van der Waals surface area contributed by atoms with E-state index in [2.05, 4.69) is 5.10 Å². The average Bonchev–Trinajstić information content (AvgIpc) is 2.56. The third-order valence-electron chi connectivity index (χ3n) is 3.10. The number of rotatable bonds is 3. The minimum absolute atomic E-state index is 0.0280. The number of amides is 1. The minimum atomic E-state index is -0.196. The Morgan fingerprint density at radius 3 is 2.48 bits per heavy atom. The molecule has 0 bridgehead atoms. The van der Waals surface area contributed by atoms with Crippen LogP contribution in [0.1, 0.15) is 5.56 Å². The van der Waals surface area contributed by atoms with E-state index in [0.717, 1.165) is 17.0 Å². The molecule has 21 heavy (non-hydrogen) atoms. The van der Waals surface area contributed by atoms with Crippen LogP contribution in [0, 0.1) is 0 Å².